The topological polar surface area (TPSA) is 38.0 Å². The molecule has 0 saturated heterocycles. The summed E-state index contributed by atoms with van der Waals surface area (Å²) >= 11 is 0. The van der Waals surface area contributed by atoms with Crippen LogP contribution in [0.1, 0.15) is 40.0 Å². The van der Waals surface area contributed by atoms with E-state index in [1.165, 1.54) is 12.8 Å². The Balaban J connectivity index is 3.48. The second-order valence-electron chi connectivity index (χ2n) is 3.87. The molecule has 0 bridgehead atoms. The van der Waals surface area contributed by atoms with E-state index in [0.717, 1.165) is 25.4 Å². The van der Waals surface area contributed by atoms with Gasteiger partial charge in [-0.25, -0.2) is 0 Å². The number of hydrogen-bond donors (Lipinski definition) is 2. The summed E-state index contributed by atoms with van der Waals surface area (Å²) in [6, 6.07) is 0.641. The smallest absolute Gasteiger partial charge is 0.00790 e. The Kier molecular flexibility index (Phi) is 7.51. The summed E-state index contributed by atoms with van der Waals surface area (Å²) in [6.07, 6.45) is 3.61. The van der Waals surface area contributed by atoms with E-state index >= 15 is 0 Å². The third-order valence-corrected chi connectivity index (χ3v) is 1.97. The molecule has 74 valence electrons. The van der Waals surface area contributed by atoms with Crippen LogP contribution in [0.2, 0.25) is 0 Å². The fraction of sp³-hybridized carbons (Fsp3) is 1.00. The maximum absolute atomic E-state index is 5.53. The highest BCUT2D eigenvalue weighted by molar-refractivity contribution is 4.67. The van der Waals surface area contributed by atoms with E-state index in [4.69, 9.17) is 5.73 Å². The standard InChI is InChI=1S/C10H24N2/c1-4-5-10(6-7-11)12-8-9(2)3/h9-10,12H,4-8,11H2,1-3H3. The second kappa shape index (κ2) is 7.56. The fourth-order valence-electron chi connectivity index (χ4n) is 1.30. The van der Waals surface area contributed by atoms with Gasteiger partial charge in [0.15, 0.2) is 0 Å². The van der Waals surface area contributed by atoms with Crippen molar-refractivity contribution in [3.8, 4) is 0 Å². The molecule has 0 aromatic rings. The van der Waals surface area contributed by atoms with Crippen molar-refractivity contribution in [1.29, 1.82) is 0 Å². The first-order chi connectivity index (χ1) is 5.70. The predicted octanol–water partition coefficient (Wildman–Crippen LogP) is 1.75. The van der Waals surface area contributed by atoms with Crippen LogP contribution in [-0.4, -0.2) is 19.1 Å². The Morgan fingerprint density at radius 2 is 1.92 bits per heavy atom. The van der Waals surface area contributed by atoms with Crippen molar-refractivity contribution in [1.82, 2.24) is 5.32 Å². The molecule has 2 nitrogen and oxygen atoms in total. The van der Waals surface area contributed by atoms with Gasteiger partial charge in [0, 0.05) is 6.04 Å². The van der Waals surface area contributed by atoms with Gasteiger partial charge in [0.25, 0.3) is 0 Å². The Morgan fingerprint density at radius 3 is 2.33 bits per heavy atom. The van der Waals surface area contributed by atoms with Gasteiger partial charge in [0.1, 0.15) is 0 Å². The normalized spacial score (nSPS) is 13.8. The highest BCUT2D eigenvalue weighted by Crippen LogP contribution is 2.01. The first-order valence-electron chi connectivity index (χ1n) is 5.14. The SMILES string of the molecule is CCCC(CCN)NCC(C)C. The zero-order chi connectivity index (χ0) is 9.40. The Hall–Kier alpha value is -0.0800. The summed E-state index contributed by atoms with van der Waals surface area (Å²) in [4.78, 5) is 0. The van der Waals surface area contributed by atoms with Crippen molar-refractivity contribution >= 4 is 0 Å². The lowest BCUT2D eigenvalue weighted by Gasteiger charge is -2.18. The molecular formula is C10H24N2. The van der Waals surface area contributed by atoms with E-state index in [1.807, 2.05) is 0 Å². The third kappa shape index (κ3) is 6.62. The van der Waals surface area contributed by atoms with Crippen molar-refractivity contribution in [2.75, 3.05) is 13.1 Å². The quantitative estimate of drug-likeness (QED) is 0.614. The molecule has 0 spiro atoms. The minimum atomic E-state index is 0.641. The molecule has 2 heteroatoms. The van der Waals surface area contributed by atoms with Gasteiger partial charge in [-0.2, -0.15) is 0 Å². The Morgan fingerprint density at radius 1 is 1.25 bits per heavy atom. The van der Waals surface area contributed by atoms with Crippen molar-refractivity contribution < 1.29 is 0 Å². The average molecular weight is 172 g/mol. The van der Waals surface area contributed by atoms with Gasteiger partial charge in [-0.15, -0.1) is 0 Å². The summed E-state index contributed by atoms with van der Waals surface area (Å²) in [5.74, 6) is 0.738. The van der Waals surface area contributed by atoms with E-state index in [0.29, 0.717) is 6.04 Å². The lowest BCUT2D eigenvalue weighted by molar-refractivity contribution is 0.421. The summed E-state index contributed by atoms with van der Waals surface area (Å²) in [5, 5.41) is 3.54. The Bertz CT molecular complexity index is 85.8. The van der Waals surface area contributed by atoms with Crippen LogP contribution in [0.4, 0.5) is 0 Å². The molecule has 1 atom stereocenters. The predicted molar refractivity (Wildman–Crippen MR) is 55.2 cm³/mol. The average Bonchev–Trinajstić information content (AvgIpc) is 2.01. The lowest BCUT2D eigenvalue weighted by Crippen LogP contribution is -2.33. The molecule has 0 rings (SSSR count). The van der Waals surface area contributed by atoms with Gasteiger partial charge in [0.05, 0.1) is 0 Å². The number of hydrogen-bond acceptors (Lipinski definition) is 2. The molecule has 0 heterocycles. The lowest BCUT2D eigenvalue weighted by atomic mass is 10.1. The first kappa shape index (κ1) is 11.9. The van der Waals surface area contributed by atoms with E-state index in [9.17, 15) is 0 Å². The molecule has 12 heavy (non-hydrogen) atoms. The Labute approximate surface area is 76.9 Å². The van der Waals surface area contributed by atoms with E-state index in [-0.39, 0.29) is 0 Å². The monoisotopic (exact) mass is 172 g/mol. The minimum absolute atomic E-state index is 0.641. The van der Waals surface area contributed by atoms with E-state index < -0.39 is 0 Å². The van der Waals surface area contributed by atoms with Gasteiger partial charge in [0.2, 0.25) is 0 Å². The van der Waals surface area contributed by atoms with E-state index in [2.05, 4.69) is 26.1 Å². The third-order valence-electron chi connectivity index (χ3n) is 1.97. The van der Waals surface area contributed by atoms with Crippen LogP contribution in [-0.2, 0) is 0 Å². The van der Waals surface area contributed by atoms with Crippen LogP contribution >= 0.6 is 0 Å². The van der Waals surface area contributed by atoms with Crippen LogP contribution in [0, 0.1) is 5.92 Å². The molecule has 0 aromatic heterocycles. The van der Waals surface area contributed by atoms with Crippen molar-refractivity contribution in [3.05, 3.63) is 0 Å². The highest BCUT2D eigenvalue weighted by Gasteiger charge is 2.05. The molecule has 0 aliphatic carbocycles. The molecule has 3 N–H and O–H groups in total. The summed E-state index contributed by atoms with van der Waals surface area (Å²) in [7, 11) is 0. The molecule has 0 fully saturated rings. The maximum atomic E-state index is 5.53. The van der Waals surface area contributed by atoms with Crippen LogP contribution in [0.25, 0.3) is 0 Å². The largest absolute Gasteiger partial charge is 0.330 e. The van der Waals surface area contributed by atoms with Crippen molar-refractivity contribution in [3.63, 3.8) is 0 Å². The van der Waals surface area contributed by atoms with Gasteiger partial charge in [-0.3, -0.25) is 0 Å². The second-order valence-corrected chi connectivity index (χ2v) is 3.87. The minimum Gasteiger partial charge on any atom is -0.330 e. The van der Waals surface area contributed by atoms with Gasteiger partial charge < -0.3 is 11.1 Å². The molecule has 0 saturated carbocycles. The molecule has 0 amide bonds. The van der Waals surface area contributed by atoms with Crippen LogP contribution in [0.5, 0.6) is 0 Å². The van der Waals surface area contributed by atoms with E-state index in [1.54, 1.807) is 0 Å². The summed E-state index contributed by atoms with van der Waals surface area (Å²) < 4.78 is 0. The number of nitrogens with one attached hydrogen (secondary N) is 1. The summed E-state index contributed by atoms with van der Waals surface area (Å²) in [5.41, 5.74) is 5.53. The van der Waals surface area contributed by atoms with Gasteiger partial charge in [-0.1, -0.05) is 27.2 Å². The first-order valence-corrected chi connectivity index (χ1v) is 5.14. The zero-order valence-electron chi connectivity index (χ0n) is 8.77. The van der Waals surface area contributed by atoms with Gasteiger partial charge >= 0.3 is 0 Å². The number of rotatable bonds is 7. The zero-order valence-corrected chi connectivity index (χ0v) is 8.77. The molecule has 0 aliphatic rings. The maximum Gasteiger partial charge on any atom is 0.00790 e. The molecule has 1 unspecified atom stereocenters. The highest BCUT2D eigenvalue weighted by atomic mass is 14.9. The summed E-state index contributed by atoms with van der Waals surface area (Å²) in [6.45, 7) is 8.61. The fourth-order valence-corrected chi connectivity index (χ4v) is 1.30. The van der Waals surface area contributed by atoms with Crippen molar-refractivity contribution in [2.24, 2.45) is 11.7 Å². The van der Waals surface area contributed by atoms with Crippen LogP contribution < -0.4 is 11.1 Å². The number of nitrogens with two attached hydrogens (primary N) is 1. The van der Waals surface area contributed by atoms with Crippen LogP contribution in [0.3, 0.4) is 0 Å². The molecule has 0 aliphatic heterocycles. The van der Waals surface area contributed by atoms with Gasteiger partial charge in [-0.05, 0) is 31.8 Å². The molecular weight excluding hydrogens is 148 g/mol. The van der Waals surface area contributed by atoms with Crippen molar-refractivity contribution in [2.45, 2.75) is 46.1 Å². The molecule has 0 radical (unpaired) electrons. The van der Waals surface area contributed by atoms with Crippen LogP contribution in [0.15, 0.2) is 0 Å². The molecule has 0 aromatic carbocycles.